The van der Waals surface area contributed by atoms with Gasteiger partial charge in [-0.2, -0.15) is 0 Å². The van der Waals surface area contributed by atoms with Gasteiger partial charge in [0.25, 0.3) is 0 Å². The second kappa shape index (κ2) is 16.3. The van der Waals surface area contributed by atoms with Crippen LogP contribution in [0.2, 0.25) is 0 Å². The molecular weight excluding hydrogens is 374 g/mol. The molecule has 0 aliphatic rings. The van der Waals surface area contributed by atoms with Crippen molar-refractivity contribution >= 4 is 11.7 Å². The van der Waals surface area contributed by atoms with Crippen LogP contribution >= 0.6 is 0 Å². The van der Waals surface area contributed by atoms with Crippen LogP contribution in [0.3, 0.4) is 0 Å². The van der Waals surface area contributed by atoms with E-state index < -0.39 is 0 Å². The number of hydrogen-bond acceptors (Lipinski definition) is 2. The first-order chi connectivity index (χ1) is 14.1. The van der Waals surface area contributed by atoms with Gasteiger partial charge in [-0.3, -0.25) is 9.59 Å². The predicted octanol–water partition coefficient (Wildman–Crippen LogP) is 4.45. The van der Waals surface area contributed by atoms with Crippen LogP contribution in [0.4, 0.5) is 0 Å². The van der Waals surface area contributed by atoms with E-state index in [-0.39, 0.29) is 5.91 Å². The van der Waals surface area contributed by atoms with Crippen LogP contribution in [0.1, 0.15) is 71.6 Å². The highest BCUT2D eigenvalue weighted by Gasteiger charge is 2.17. The molecule has 0 spiro atoms. The molecule has 0 aromatic heterocycles. The topological polar surface area (TPSA) is 46.2 Å². The van der Waals surface area contributed by atoms with E-state index in [4.69, 9.17) is 0 Å². The van der Waals surface area contributed by atoms with Crippen LogP contribution in [0.15, 0.2) is 24.3 Å². The average molecular weight is 424 g/mol. The Labute approximate surface area is 186 Å². The number of carbonyl (C=O) groups is 2. The van der Waals surface area contributed by atoms with Gasteiger partial charge in [0.05, 0.1) is 54.2 Å². The van der Waals surface area contributed by atoms with Crippen LogP contribution in [0, 0.1) is 0 Å². The van der Waals surface area contributed by atoms with E-state index in [1.54, 1.807) is 0 Å². The van der Waals surface area contributed by atoms with Crippen LogP contribution in [-0.2, 0) is 9.59 Å². The first kappa shape index (κ1) is 28.5. The van der Waals surface area contributed by atoms with E-state index in [1.165, 1.54) is 25.7 Å². The zero-order chi connectivity index (χ0) is 22.9. The maximum Gasteiger partial charge on any atom is 0.228 e. The molecule has 0 aliphatic heterocycles. The SMILES string of the molecule is CC/C=C\CC(=O)CC[N+](C)(C)CCCCCC[N+](C)(C)CNC(=O)C/C=C\CC. The van der Waals surface area contributed by atoms with E-state index in [9.17, 15) is 9.59 Å². The minimum Gasteiger partial charge on any atom is -0.328 e. The monoisotopic (exact) mass is 423 g/mol. The Balaban J connectivity index is 3.89. The average Bonchev–Trinajstić information content (AvgIpc) is 2.68. The van der Waals surface area contributed by atoms with Crippen LogP contribution in [0.25, 0.3) is 0 Å². The van der Waals surface area contributed by atoms with E-state index in [1.807, 2.05) is 18.2 Å². The summed E-state index contributed by atoms with van der Waals surface area (Å²) >= 11 is 0. The molecule has 0 unspecified atom stereocenters. The molecule has 0 aromatic rings. The Morgan fingerprint density at radius 1 is 0.700 bits per heavy atom. The lowest BCUT2D eigenvalue weighted by Gasteiger charge is -2.30. The lowest BCUT2D eigenvalue weighted by atomic mass is 10.1. The Hall–Kier alpha value is -1.46. The number of Topliss-reactive ketones (excluding diaryl/α,β-unsaturated/α-hetero) is 1. The van der Waals surface area contributed by atoms with Gasteiger partial charge in [0.1, 0.15) is 5.78 Å². The molecule has 0 bridgehead atoms. The third-order valence-electron chi connectivity index (χ3n) is 5.43. The van der Waals surface area contributed by atoms with Crippen molar-refractivity contribution in [1.82, 2.24) is 5.32 Å². The summed E-state index contributed by atoms with van der Waals surface area (Å²) in [6.07, 6.45) is 16.5. The second-order valence-corrected chi connectivity index (χ2v) is 9.67. The van der Waals surface area contributed by atoms with Crippen molar-refractivity contribution in [3.63, 3.8) is 0 Å². The van der Waals surface area contributed by atoms with E-state index >= 15 is 0 Å². The molecule has 0 heterocycles. The lowest BCUT2D eigenvalue weighted by Crippen LogP contribution is -2.48. The van der Waals surface area contributed by atoms with Gasteiger partial charge >= 0.3 is 0 Å². The Kier molecular flexibility index (Phi) is 15.5. The van der Waals surface area contributed by atoms with Gasteiger partial charge in [-0.25, -0.2) is 0 Å². The molecule has 174 valence electrons. The summed E-state index contributed by atoms with van der Waals surface area (Å²) in [6, 6.07) is 0. The molecule has 0 saturated heterocycles. The summed E-state index contributed by atoms with van der Waals surface area (Å²) in [5, 5.41) is 3.04. The fourth-order valence-electron chi connectivity index (χ4n) is 3.27. The Morgan fingerprint density at radius 3 is 1.80 bits per heavy atom. The molecule has 0 aromatic carbocycles. The normalized spacial score (nSPS) is 12.7. The van der Waals surface area contributed by atoms with Crippen molar-refractivity contribution in [2.24, 2.45) is 0 Å². The molecule has 0 radical (unpaired) electrons. The largest absolute Gasteiger partial charge is 0.328 e. The van der Waals surface area contributed by atoms with Gasteiger partial charge in [-0.1, -0.05) is 38.2 Å². The summed E-state index contributed by atoms with van der Waals surface area (Å²) in [4.78, 5) is 23.8. The van der Waals surface area contributed by atoms with Gasteiger partial charge in [0.2, 0.25) is 5.91 Å². The molecule has 0 aliphatic carbocycles. The maximum absolute atomic E-state index is 11.9. The summed E-state index contributed by atoms with van der Waals surface area (Å²) in [5.74, 6) is 0.449. The summed E-state index contributed by atoms with van der Waals surface area (Å²) in [5.41, 5.74) is 0. The molecule has 5 nitrogen and oxygen atoms in total. The summed E-state index contributed by atoms with van der Waals surface area (Å²) in [6.45, 7) is 7.97. The summed E-state index contributed by atoms with van der Waals surface area (Å²) in [7, 11) is 8.81. The zero-order valence-electron chi connectivity index (χ0n) is 20.7. The number of nitrogens with one attached hydrogen (secondary N) is 1. The third kappa shape index (κ3) is 17.4. The number of ketones is 1. The van der Waals surface area contributed by atoms with Gasteiger partial charge in [-0.05, 0) is 38.5 Å². The number of rotatable bonds is 18. The van der Waals surface area contributed by atoms with Crippen LogP contribution < -0.4 is 5.32 Å². The molecule has 1 amide bonds. The number of hydrogen-bond donors (Lipinski definition) is 1. The molecule has 0 fully saturated rings. The first-order valence-electron chi connectivity index (χ1n) is 11.8. The van der Waals surface area contributed by atoms with E-state index in [2.05, 4.69) is 53.4 Å². The maximum atomic E-state index is 11.9. The van der Waals surface area contributed by atoms with Crippen molar-refractivity contribution in [1.29, 1.82) is 0 Å². The highest BCUT2D eigenvalue weighted by molar-refractivity contribution is 5.79. The smallest absolute Gasteiger partial charge is 0.228 e. The van der Waals surface area contributed by atoms with Gasteiger partial charge < -0.3 is 14.3 Å². The third-order valence-corrected chi connectivity index (χ3v) is 5.43. The predicted molar refractivity (Wildman–Crippen MR) is 128 cm³/mol. The van der Waals surface area contributed by atoms with Crippen molar-refractivity contribution in [3.05, 3.63) is 24.3 Å². The first-order valence-corrected chi connectivity index (χ1v) is 11.8. The molecular formula is C25H49N3O2+2. The molecule has 0 saturated carbocycles. The number of nitrogens with zero attached hydrogens (tertiary/aromatic N) is 2. The quantitative estimate of drug-likeness (QED) is 0.153. The fourth-order valence-corrected chi connectivity index (χ4v) is 3.27. The number of carbonyl (C=O) groups excluding carboxylic acids is 2. The highest BCUT2D eigenvalue weighted by Crippen LogP contribution is 2.09. The van der Waals surface area contributed by atoms with Crippen LogP contribution in [-0.4, -0.2) is 75.2 Å². The van der Waals surface area contributed by atoms with E-state index in [0.717, 1.165) is 41.4 Å². The molecule has 0 rings (SSSR count). The van der Waals surface area contributed by atoms with Crippen molar-refractivity contribution in [2.45, 2.75) is 71.6 Å². The summed E-state index contributed by atoms with van der Waals surface area (Å²) < 4.78 is 1.74. The van der Waals surface area contributed by atoms with Crippen molar-refractivity contribution in [2.75, 3.05) is 54.5 Å². The van der Waals surface area contributed by atoms with Gasteiger partial charge in [0, 0.05) is 12.8 Å². The standard InChI is InChI=1S/C25H48N3O2/c1-7-9-13-17-24(29)19-22-27(3,4)20-15-11-12-16-21-28(5,6)23-26-25(30)18-14-10-8-2/h9-10,13-14H,7-8,11-12,15-23H2,1-6H3/q+1/p+1/b13-9-,14-10-. The second-order valence-electron chi connectivity index (χ2n) is 9.67. The number of quaternary nitrogens is 2. The lowest BCUT2D eigenvalue weighted by molar-refractivity contribution is -0.892. The molecule has 0 atom stereocenters. The minimum atomic E-state index is 0.103. The zero-order valence-corrected chi connectivity index (χ0v) is 20.7. The number of unbranched alkanes of at least 4 members (excludes halogenated alkanes) is 3. The Bertz CT molecular complexity index is 489. The number of amides is 1. The highest BCUT2D eigenvalue weighted by atomic mass is 16.1. The minimum absolute atomic E-state index is 0.103. The van der Waals surface area contributed by atoms with Gasteiger partial charge in [0.15, 0.2) is 6.67 Å². The van der Waals surface area contributed by atoms with Crippen LogP contribution in [0.5, 0.6) is 0 Å². The molecule has 5 heteroatoms. The fraction of sp³-hybridized carbons (Fsp3) is 0.760. The van der Waals surface area contributed by atoms with Crippen molar-refractivity contribution < 1.29 is 18.6 Å². The van der Waals surface area contributed by atoms with E-state index in [0.29, 0.717) is 31.7 Å². The molecule has 1 N–H and O–H groups in total. The Morgan fingerprint density at radius 2 is 1.23 bits per heavy atom. The van der Waals surface area contributed by atoms with Gasteiger partial charge in [-0.15, -0.1) is 0 Å². The van der Waals surface area contributed by atoms with Crippen molar-refractivity contribution in [3.8, 4) is 0 Å². The number of allylic oxidation sites excluding steroid dienone is 3. The molecule has 30 heavy (non-hydrogen) atoms.